The molecular weight excluding hydrogens is 1190 g/mol. The van der Waals surface area contributed by atoms with E-state index in [0.717, 1.165) is 12.8 Å². The van der Waals surface area contributed by atoms with Crippen LogP contribution in [0.15, 0.2) is 183 Å². The van der Waals surface area contributed by atoms with Gasteiger partial charge in [-0.2, -0.15) is 4.40 Å². The number of aromatic nitrogens is 2. The second kappa shape index (κ2) is 23.0. The molecule has 2 aliphatic rings. The molecule has 0 fully saturated rings. The van der Waals surface area contributed by atoms with Crippen LogP contribution in [0.25, 0.3) is 111 Å². The summed E-state index contributed by atoms with van der Waals surface area (Å²) in [6.07, 6.45) is 4.27. The summed E-state index contributed by atoms with van der Waals surface area (Å²) in [5.41, 5.74) is 33.4. The molecule has 0 bridgehead atoms. The van der Waals surface area contributed by atoms with Gasteiger partial charge in [0.15, 0.2) is 11.0 Å². The summed E-state index contributed by atoms with van der Waals surface area (Å²) in [4.78, 5) is 0. The van der Waals surface area contributed by atoms with E-state index in [0.29, 0.717) is 0 Å². The molecule has 0 unspecified atom stereocenters. The molecular formula is C97H113N2+. The highest BCUT2D eigenvalue weighted by Gasteiger charge is 2.58. The van der Waals surface area contributed by atoms with E-state index in [9.17, 15) is 0 Å². The van der Waals surface area contributed by atoms with Gasteiger partial charge in [0, 0.05) is 11.0 Å². The van der Waals surface area contributed by atoms with Gasteiger partial charge in [0.05, 0.1) is 11.6 Å². The minimum absolute atomic E-state index is 0.0269. The highest BCUT2D eigenvalue weighted by Crippen LogP contribution is 2.62. The molecule has 0 saturated heterocycles. The largest absolute Gasteiger partial charge is 0.296 e. The van der Waals surface area contributed by atoms with Crippen LogP contribution in [-0.2, 0) is 48.9 Å². The molecule has 0 spiro atoms. The number of fused-ring (bicyclic) bond motifs is 4. The third-order valence-electron chi connectivity index (χ3n) is 24.8. The zero-order chi connectivity index (χ0) is 71.8. The predicted octanol–water partition coefficient (Wildman–Crippen LogP) is 27.1. The smallest absolute Gasteiger partial charge is 0.213 e. The zero-order valence-electron chi connectivity index (χ0n) is 65.3. The second-order valence-electron chi connectivity index (χ2n) is 37.9. The monoisotopic (exact) mass is 1310 g/mol. The molecule has 99 heavy (non-hydrogen) atoms. The van der Waals surface area contributed by atoms with Crippen LogP contribution >= 0.6 is 0 Å². The molecule has 2 nitrogen and oxygen atoms in total. The summed E-state index contributed by atoms with van der Waals surface area (Å²) in [6, 6.07) is 68.4. The average molecular weight is 1310 g/mol. The van der Waals surface area contributed by atoms with Crippen molar-refractivity contribution in [3.8, 4) is 77.9 Å². The Morgan fingerprint density at radius 3 is 0.990 bits per heavy atom. The second-order valence-corrected chi connectivity index (χ2v) is 37.9. The maximum absolute atomic E-state index is 5.17. The molecule has 3 heterocycles. The van der Waals surface area contributed by atoms with Gasteiger partial charge in [-0.3, -0.25) is 0 Å². The molecule has 0 saturated carbocycles. The van der Waals surface area contributed by atoms with E-state index in [4.69, 9.17) is 6.58 Å². The minimum atomic E-state index is -0.323. The molecule has 11 aromatic rings. The minimum Gasteiger partial charge on any atom is -0.213 e. The molecule has 2 heteroatoms. The average Bonchev–Trinajstić information content (AvgIpc) is 1.53. The van der Waals surface area contributed by atoms with Crippen molar-refractivity contribution in [1.82, 2.24) is 4.40 Å². The quantitative estimate of drug-likeness (QED) is 0.127. The van der Waals surface area contributed by atoms with Crippen molar-refractivity contribution in [2.24, 2.45) is 5.41 Å². The Morgan fingerprint density at radius 1 is 0.333 bits per heavy atom. The van der Waals surface area contributed by atoms with Gasteiger partial charge in [-0.1, -0.05) is 284 Å². The number of allylic oxidation sites excluding steroid dienone is 1. The number of nitrogens with zero attached hydrogens (tertiary/aromatic N) is 2. The maximum Gasteiger partial charge on any atom is 0.296 e. The molecule has 0 radical (unpaired) electrons. The highest BCUT2D eigenvalue weighted by atomic mass is 15.2. The number of benzene rings is 9. The Bertz CT molecular complexity index is 4860. The fraction of sp³-hybridized carbons (Fsp3) is 0.392. The van der Waals surface area contributed by atoms with E-state index < -0.39 is 0 Å². The lowest BCUT2D eigenvalue weighted by atomic mass is 9.59. The van der Waals surface area contributed by atoms with Crippen molar-refractivity contribution in [1.29, 1.82) is 0 Å². The van der Waals surface area contributed by atoms with Crippen LogP contribution in [-0.4, -0.2) is 4.40 Å². The molecule has 0 amide bonds. The molecule has 0 atom stereocenters. The highest BCUT2D eigenvalue weighted by molar-refractivity contribution is 6.11. The fourth-order valence-electron chi connectivity index (χ4n) is 16.7. The van der Waals surface area contributed by atoms with E-state index in [1.54, 1.807) is 0 Å². The fourth-order valence-corrected chi connectivity index (χ4v) is 16.7. The van der Waals surface area contributed by atoms with Gasteiger partial charge in [0.2, 0.25) is 0 Å². The van der Waals surface area contributed by atoms with E-state index in [2.05, 4.69) is 365 Å². The Labute approximate surface area is 596 Å². The van der Waals surface area contributed by atoms with Crippen molar-refractivity contribution in [3.05, 3.63) is 233 Å². The summed E-state index contributed by atoms with van der Waals surface area (Å²) in [5, 5.41) is 2.51. The third kappa shape index (κ3) is 11.5. The van der Waals surface area contributed by atoms with Crippen molar-refractivity contribution in [2.45, 2.75) is 242 Å². The summed E-state index contributed by atoms with van der Waals surface area (Å²) in [6.45, 7) is 67.0. The Kier molecular flexibility index (Phi) is 16.1. The first-order chi connectivity index (χ1) is 45.9. The topological polar surface area (TPSA) is 8.29 Å². The predicted molar refractivity (Wildman–Crippen MR) is 430 cm³/mol. The van der Waals surface area contributed by atoms with E-state index in [1.807, 2.05) is 0 Å². The standard InChI is InChI=1S/C97H113N2/c1-28-97(29-2)59(3)79-38-39-80(81-40-41-98-84-57-82-83(58-85(84)99(97)87(98)86(79)81)95(24,25)96(26,27)94(82,22)23)72-49-68(64-43-62(60-30-34-73(35-31-60)88(4,5)6)42-63(44-64)61-32-36-74(37-33-61)89(7,8)9)48-69(50-72)65-45-66(70-51-75(90(10,11)12)55-76(52-70)91(13,14)15)47-67(46-65)71-53-77(92(16,17)18)56-78(54-71)93(19,20)21/h30-58H,3,28-29H2,1-2,4-27H3/q+1. The van der Waals surface area contributed by atoms with Crippen molar-refractivity contribution < 1.29 is 4.57 Å². The molecule has 1 aliphatic carbocycles. The van der Waals surface area contributed by atoms with Crippen LogP contribution in [0.2, 0.25) is 0 Å². The van der Waals surface area contributed by atoms with Crippen LogP contribution in [0, 0.1) is 5.41 Å². The number of hydrogen-bond donors (Lipinski definition) is 0. The number of imidazole rings is 1. The maximum atomic E-state index is 5.17. The molecule has 2 aromatic heterocycles. The lowest BCUT2D eigenvalue weighted by molar-refractivity contribution is -0.703. The summed E-state index contributed by atoms with van der Waals surface area (Å²) in [7, 11) is 0. The Morgan fingerprint density at radius 2 is 0.646 bits per heavy atom. The van der Waals surface area contributed by atoms with Gasteiger partial charge < -0.3 is 0 Å². The number of pyridine rings is 1. The molecule has 9 aromatic carbocycles. The van der Waals surface area contributed by atoms with Gasteiger partial charge in [0.1, 0.15) is 5.54 Å². The summed E-state index contributed by atoms with van der Waals surface area (Å²) >= 11 is 0. The molecule has 1 aliphatic heterocycles. The van der Waals surface area contributed by atoms with Crippen molar-refractivity contribution in [2.75, 3.05) is 0 Å². The zero-order valence-corrected chi connectivity index (χ0v) is 65.3. The molecule has 510 valence electrons. The number of hydrogen-bond acceptors (Lipinski definition) is 0. The van der Waals surface area contributed by atoms with Crippen LogP contribution in [0.4, 0.5) is 0 Å². The SMILES string of the molecule is C=C1c2ccc(-c3cc(-c4cc(-c5ccc(C(C)(C)C)cc5)cc(-c5ccc(C(C)(C)C)cc5)c4)cc(-c4cc(-c5cc(C(C)(C)C)cc(C(C)(C)C)c5)cc(-c5cc(C(C)(C)C)cc(C(C)(C)C)c5)c4)c3)c3ccn4c5cc6c(cc5[n+](c4c23)C1(CC)CC)C(C)(C)C(C)(C)C6(C)C. The normalized spacial score (nSPS) is 16.0. The molecule has 0 N–H and O–H groups in total. The third-order valence-corrected chi connectivity index (χ3v) is 24.8. The van der Waals surface area contributed by atoms with Crippen molar-refractivity contribution in [3.63, 3.8) is 0 Å². The summed E-state index contributed by atoms with van der Waals surface area (Å²) < 4.78 is 5.30. The van der Waals surface area contributed by atoms with Gasteiger partial charge >= 0.3 is 0 Å². The van der Waals surface area contributed by atoms with Gasteiger partial charge in [-0.05, 0) is 262 Å². The first-order valence-electron chi connectivity index (χ1n) is 37.1. The van der Waals surface area contributed by atoms with Gasteiger partial charge in [0.25, 0.3) is 5.65 Å². The van der Waals surface area contributed by atoms with Crippen LogP contribution < -0.4 is 4.57 Å². The first kappa shape index (κ1) is 69.4. The van der Waals surface area contributed by atoms with Crippen LogP contribution in [0.1, 0.15) is 243 Å². The van der Waals surface area contributed by atoms with Crippen LogP contribution in [0.3, 0.4) is 0 Å². The molecule has 13 rings (SSSR count). The lowest BCUT2D eigenvalue weighted by Crippen LogP contribution is -2.57. The Balaban J connectivity index is 1.15. The van der Waals surface area contributed by atoms with Crippen LogP contribution in [0.5, 0.6) is 0 Å². The Hall–Kier alpha value is -8.07. The van der Waals surface area contributed by atoms with E-state index in [1.165, 1.54) is 161 Å². The summed E-state index contributed by atoms with van der Waals surface area (Å²) in [5.74, 6) is 0. The van der Waals surface area contributed by atoms with Gasteiger partial charge in [-0.25, -0.2) is 4.57 Å². The number of rotatable bonds is 9. The first-order valence-corrected chi connectivity index (χ1v) is 37.1. The van der Waals surface area contributed by atoms with E-state index >= 15 is 0 Å². The van der Waals surface area contributed by atoms with Crippen molar-refractivity contribution >= 4 is 33.0 Å². The lowest BCUT2D eigenvalue weighted by Gasteiger charge is -2.44. The van der Waals surface area contributed by atoms with Gasteiger partial charge in [-0.15, -0.1) is 0 Å². The van der Waals surface area contributed by atoms with E-state index in [-0.39, 0.29) is 54.3 Å².